The van der Waals surface area contributed by atoms with Gasteiger partial charge in [0.15, 0.2) is 8.32 Å². The number of hydrogen-bond donors (Lipinski definition) is 1. The van der Waals surface area contributed by atoms with Gasteiger partial charge in [0.2, 0.25) is 5.91 Å². The average Bonchev–Trinajstić information content (AvgIpc) is 2.41. The van der Waals surface area contributed by atoms with Crippen molar-refractivity contribution in [1.29, 1.82) is 0 Å². The van der Waals surface area contributed by atoms with Crippen molar-refractivity contribution in [3.05, 3.63) is 35.9 Å². The summed E-state index contributed by atoms with van der Waals surface area (Å²) in [5.74, 6) is -0.329. The minimum absolute atomic E-state index is 0.0880. The summed E-state index contributed by atoms with van der Waals surface area (Å²) in [5, 5.41) is 0.0880. The molecule has 3 nitrogen and oxygen atoms in total. The zero-order valence-corrected chi connectivity index (χ0v) is 15.7. The van der Waals surface area contributed by atoms with E-state index in [1.165, 1.54) is 5.56 Å². The van der Waals surface area contributed by atoms with Crippen molar-refractivity contribution < 1.29 is 9.22 Å². The Hall–Kier alpha value is -1.13. The zero-order valence-electron chi connectivity index (χ0n) is 14.7. The molecule has 1 rings (SSSR count). The third-order valence-corrected chi connectivity index (χ3v) is 9.07. The van der Waals surface area contributed by atoms with Crippen molar-refractivity contribution in [1.82, 2.24) is 0 Å². The van der Waals surface area contributed by atoms with Gasteiger partial charge in [-0.15, -0.1) is 0 Å². The molecule has 0 saturated carbocycles. The lowest BCUT2D eigenvalue weighted by Crippen LogP contribution is -2.47. The van der Waals surface area contributed by atoms with Gasteiger partial charge in [-0.05, 0) is 43.0 Å². The minimum Gasteiger partial charge on any atom is -0.405 e. The van der Waals surface area contributed by atoms with E-state index < -0.39 is 14.4 Å². The molecule has 1 atom stereocenters. The fourth-order valence-corrected chi connectivity index (χ4v) is 3.39. The number of carbonyl (C=O) groups excluding carboxylic acids is 1. The summed E-state index contributed by atoms with van der Waals surface area (Å²) in [6, 6.07) is 10.4. The average molecular weight is 322 g/mol. The number of nitrogens with two attached hydrogens (primary N) is 1. The number of aryl methyl sites for hydroxylation is 1. The number of rotatable bonds is 8. The van der Waals surface area contributed by atoms with E-state index in [-0.39, 0.29) is 10.9 Å². The molecule has 0 saturated heterocycles. The van der Waals surface area contributed by atoms with Crippen LogP contribution < -0.4 is 5.73 Å². The lowest BCUT2D eigenvalue weighted by atomic mass is 10.1. The van der Waals surface area contributed by atoms with E-state index in [1.807, 2.05) is 6.07 Å². The Labute approximate surface area is 136 Å². The maximum Gasteiger partial charge on any atom is 0.245 e. The molecule has 0 aromatic heterocycles. The summed E-state index contributed by atoms with van der Waals surface area (Å²) >= 11 is 0. The Morgan fingerprint density at radius 3 is 2.27 bits per heavy atom. The van der Waals surface area contributed by atoms with Crippen LogP contribution in [0.3, 0.4) is 0 Å². The number of unbranched alkanes of at least 4 members (excludes halogenated alkanes) is 1. The highest BCUT2D eigenvalue weighted by atomic mass is 28.4. The van der Waals surface area contributed by atoms with Crippen LogP contribution >= 0.6 is 0 Å². The molecule has 0 bridgehead atoms. The zero-order chi connectivity index (χ0) is 16.8. The molecule has 1 aromatic carbocycles. The Bertz CT molecular complexity index is 466. The number of hydrogen-bond acceptors (Lipinski definition) is 2. The summed E-state index contributed by atoms with van der Waals surface area (Å²) < 4.78 is 6.18. The van der Waals surface area contributed by atoms with E-state index in [2.05, 4.69) is 58.1 Å². The van der Waals surface area contributed by atoms with Crippen LogP contribution in [0.1, 0.15) is 45.6 Å². The van der Waals surface area contributed by atoms with Crippen molar-refractivity contribution in [2.45, 2.75) is 70.7 Å². The summed E-state index contributed by atoms with van der Waals surface area (Å²) in [6.45, 7) is 10.8. The van der Waals surface area contributed by atoms with Gasteiger partial charge >= 0.3 is 0 Å². The van der Waals surface area contributed by atoms with Gasteiger partial charge in [-0.3, -0.25) is 4.79 Å². The van der Waals surface area contributed by atoms with Crippen molar-refractivity contribution in [2.24, 2.45) is 5.73 Å². The first-order chi connectivity index (χ1) is 10.1. The summed E-state index contributed by atoms with van der Waals surface area (Å²) in [4.78, 5) is 11.7. The maximum absolute atomic E-state index is 11.7. The molecule has 1 unspecified atom stereocenters. The van der Waals surface area contributed by atoms with E-state index in [0.29, 0.717) is 6.42 Å². The molecule has 0 heterocycles. The van der Waals surface area contributed by atoms with Gasteiger partial charge in [0.25, 0.3) is 0 Å². The molecule has 0 radical (unpaired) electrons. The second-order valence-electron chi connectivity index (χ2n) is 7.50. The van der Waals surface area contributed by atoms with Gasteiger partial charge in [-0.2, -0.15) is 0 Å². The predicted molar refractivity (Wildman–Crippen MR) is 95.3 cm³/mol. The van der Waals surface area contributed by atoms with Gasteiger partial charge in [0, 0.05) is 0 Å². The Morgan fingerprint density at radius 2 is 1.77 bits per heavy atom. The largest absolute Gasteiger partial charge is 0.405 e. The molecule has 0 spiro atoms. The molecular weight excluding hydrogens is 290 g/mol. The summed E-state index contributed by atoms with van der Waals surface area (Å²) in [6.07, 6.45) is 3.31. The molecule has 4 heteroatoms. The van der Waals surface area contributed by atoms with E-state index in [4.69, 9.17) is 10.2 Å². The summed E-state index contributed by atoms with van der Waals surface area (Å²) in [5.41, 5.74) is 6.88. The van der Waals surface area contributed by atoms with Crippen LogP contribution in [-0.4, -0.2) is 20.3 Å². The lowest BCUT2D eigenvalue weighted by molar-refractivity contribution is -0.125. The van der Waals surface area contributed by atoms with Crippen LogP contribution in [0.25, 0.3) is 0 Å². The van der Waals surface area contributed by atoms with E-state index in [9.17, 15) is 4.79 Å². The van der Waals surface area contributed by atoms with E-state index >= 15 is 0 Å². The molecule has 0 fully saturated rings. The molecule has 22 heavy (non-hydrogen) atoms. The fraction of sp³-hybridized carbons (Fsp3) is 0.611. The first-order valence-electron chi connectivity index (χ1n) is 8.14. The highest BCUT2D eigenvalue weighted by molar-refractivity contribution is 6.74. The minimum atomic E-state index is -1.96. The van der Waals surface area contributed by atoms with Crippen LogP contribution in [-0.2, 0) is 15.6 Å². The quantitative estimate of drug-likeness (QED) is 0.574. The van der Waals surface area contributed by atoms with Crippen molar-refractivity contribution >= 4 is 14.2 Å². The van der Waals surface area contributed by atoms with Gasteiger partial charge < -0.3 is 10.2 Å². The van der Waals surface area contributed by atoms with Gasteiger partial charge in [0.1, 0.15) is 6.10 Å². The lowest BCUT2D eigenvalue weighted by Gasteiger charge is -2.38. The van der Waals surface area contributed by atoms with Crippen LogP contribution in [0.2, 0.25) is 18.1 Å². The Morgan fingerprint density at radius 1 is 1.18 bits per heavy atom. The third-order valence-electron chi connectivity index (χ3n) is 4.59. The monoisotopic (exact) mass is 321 g/mol. The van der Waals surface area contributed by atoms with Crippen LogP contribution in [0, 0.1) is 0 Å². The number of amides is 1. The van der Waals surface area contributed by atoms with Crippen molar-refractivity contribution in [3.8, 4) is 0 Å². The molecular formula is C18H31NO2Si. The highest BCUT2D eigenvalue weighted by Gasteiger charge is 2.40. The number of carbonyl (C=O) groups is 1. The fourth-order valence-electron chi connectivity index (χ4n) is 2.10. The van der Waals surface area contributed by atoms with Crippen LogP contribution in [0.15, 0.2) is 30.3 Å². The Balaban J connectivity index is 2.47. The third kappa shape index (κ3) is 5.93. The molecule has 0 aliphatic carbocycles. The molecule has 1 amide bonds. The van der Waals surface area contributed by atoms with E-state index in [1.54, 1.807) is 0 Å². The van der Waals surface area contributed by atoms with Gasteiger partial charge in [-0.1, -0.05) is 57.5 Å². The summed E-state index contributed by atoms with van der Waals surface area (Å²) in [7, 11) is -1.96. The topological polar surface area (TPSA) is 52.3 Å². The Kier molecular flexibility index (Phi) is 6.82. The van der Waals surface area contributed by atoms with Crippen LogP contribution in [0.5, 0.6) is 0 Å². The molecule has 1 aromatic rings. The van der Waals surface area contributed by atoms with Gasteiger partial charge in [-0.25, -0.2) is 0 Å². The molecule has 0 aliphatic heterocycles. The molecule has 124 valence electrons. The van der Waals surface area contributed by atoms with Crippen molar-refractivity contribution in [2.75, 3.05) is 0 Å². The maximum atomic E-state index is 11.7. The number of primary amides is 1. The molecule has 0 aliphatic rings. The van der Waals surface area contributed by atoms with E-state index in [0.717, 1.165) is 19.3 Å². The number of benzene rings is 1. The second kappa shape index (κ2) is 7.93. The first kappa shape index (κ1) is 18.9. The normalized spacial score (nSPS) is 13.9. The van der Waals surface area contributed by atoms with Crippen molar-refractivity contribution in [3.63, 3.8) is 0 Å². The smallest absolute Gasteiger partial charge is 0.245 e. The standard InChI is InChI=1S/C18H31NO2Si/c1-18(2,3)22(4,5)21-16(17(19)20)14-10-9-13-15-11-7-6-8-12-15/h6-8,11-12,16H,9-10,13-14H2,1-5H3,(H2,19,20). The first-order valence-corrected chi connectivity index (χ1v) is 11.1. The second-order valence-corrected chi connectivity index (χ2v) is 12.3. The molecule has 2 N–H and O–H groups in total. The highest BCUT2D eigenvalue weighted by Crippen LogP contribution is 2.37. The van der Waals surface area contributed by atoms with Gasteiger partial charge in [0.05, 0.1) is 0 Å². The SMILES string of the molecule is CC(C)(C)[Si](C)(C)OC(CCCCc1ccccc1)C(N)=O. The van der Waals surface area contributed by atoms with Crippen LogP contribution in [0.4, 0.5) is 0 Å². The predicted octanol–water partition coefficient (Wildman–Crippen LogP) is 4.28.